The van der Waals surface area contributed by atoms with E-state index < -0.39 is 11.7 Å². The molecule has 3 nitrogen and oxygen atoms in total. The summed E-state index contributed by atoms with van der Waals surface area (Å²) in [6.07, 6.45) is -0.459. The zero-order valence-electron chi connectivity index (χ0n) is 15.1. The van der Waals surface area contributed by atoms with Crippen molar-refractivity contribution < 1.29 is 36.9 Å². The van der Waals surface area contributed by atoms with Crippen molar-refractivity contribution in [1.82, 2.24) is 10.5 Å². The summed E-state index contributed by atoms with van der Waals surface area (Å²) < 4.78 is 56.6. The first-order valence-corrected chi connectivity index (χ1v) is 11.3. The second-order valence-corrected chi connectivity index (χ2v) is 11.3. The van der Waals surface area contributed by atoms with Crippen molar-refractivity contribution in [2.75, 3.05) is 0 Å². The van der Waals surface area contributed by atoms with Crippen molar-refractivity contribution in [3.63, 3.8) is 0 Å². The molecule has 0 saturated carbocycles. The Morgan fingerprint density at radius 1 is 0.931 bits per heavy atom. The molecule has 29 heavy (non-hydrogen) atoms. The molecule has 3 aromatic rings. The number of hydrogen-bond acceptors (Lipinski definition) is 1. The Bertz CT molecular complexity index is 965. The van der Waals surface area contributed by atoms with Gasteiger partial charge in [0.25, 0.3) is 0 Å². The zero-order chi connectivity index (χ0) is 21.6. The summed E-state index contributed by atoms with van der Waals surface area (Å²) >= 11 is 6.54. The maximum Gasteiger partial charge on any atom is 0.123 e. The number of aryl methyl sites for hydroxylation is 1. The molecule has 0 aliphatic carbocycles. The summed E-state index contributed by atoms with van der Waals surface area (Å²) in [5, 5.41) is 0. The van der Waals surface area contributed by atoms with E-state index in [0.29, 0.717) is 6.54 Å². The fraction of sp³-hybridized carbons (Fsp3) is 0.211. The molecule has 0 saturated heterocycles. The molecule has 2 aromatic carbocycles. The normalized spacial score (nSPS) is 11.4. The van der Waals surface area contributed by atoms with Gasteiger partial charge in [-0.25, -0.2) is 4.39 Å². The molecule has 1 aromatic heterocycles. The Hall–Kier alpha value is -0.522. The van der Waals surface area contributed by atoms with E-state index in [0.717, 1.165) is 33.6 Å². The Balaban J connectivity index is 0.000000234. The monoisotopic (exact) mass is 812 g/mol. The molecule has 0 bridgehead atoms. The van der Waals surface area contributed by atoms with Crippen LogP contribution in [0.25, 0.3) is 0 Å². The van der Waals surface area contributed by atoms with Gasteiger partial charge in [0.2, 0.25) is 0 Å². The molecule has 3 rings (SSSR count). The van der Waals surface area contributed by atoms with Crippen molar-refractivity contribution in [2.45, 2.75) is 19.3 Å². The Kier molecular flexibility index (Phi) is 9.55. The fourth-order valence-corrected chi connectivity index (χ4v) is 3.64. The topological polar surface area (TPSA) is 13.1 Å². The van der Waals surface area contributed by atoms with Crippen LogP contribution in [0.2, 0.25) is 0 Å². The van der Waals surface area contributed by atoms with Gasteiger partial charge in [0.1, 0.15) is 5.82 Å². The van der Waals surface area contributed by atoms with Gasteiger partial charge in [-0.15, -0.1) is 0 Å². The SMILES string of the molecule is Cn1ccn(Cc2ccc(C(F)(F)F)cc2)[c]1=[Pt].Fc1ccc(CN(I)I)cc1. The van der Waals surface area contributed by atoms with E-state index in [1.54, 1.807) is 12.1 Å². The minimum atomic E-state index is -4.27. The third kappa shape index (κ3) is 8.26. The largest absolute Gasteiger partial charge is 0.207 e. The predicted molar refractivity (Wildman–Crippen MR) is 117 cm³/mol. The van der Waals surface area contributed by atoms with E-state index in [1.165, 1.54) is 24.3 Å². The van der Waals surface area contributed by atoms with Gasteiger partial charge in [0, 0.05) is 52.3 Å². The van der Waals surface area contributed by atoms with E-state index >= 15 is 0 Å². The van der Waals surface area contributed by atoms with Crippen molar-refractivity contribution in [1.29, 1.82) is 0 Å². The fourth-order valence-electron chi connectivity index (χ4n) is 2.33. The third-order valence-electron chi connectivity index (χ3n) is 3.81. The maximum atomic E-state index is 12.4. The predicted octanol–water partition coefficient (Wildman–Crippen LogP) is 6.30. The number of aromatic nitrogens is 2. The standard InChI is InChI=1S/C12H11F3N2.C7H6FI2N.Pt/c1-16-6-7-17(9-16)8-10-2-4-11(5-3-10)12(13,14)15;8-7-3-1-6(2-4-7)5-11(9)10;/h2-7H,8H2,1H3;1-4H,5H2;. The van der Waals surface area contributed by atoms with Crippen LogP contribution in [0.1, 0.15) is 16.7 Å². The second kappa shape index (κ2) is 11.2. The van der Waals surface area contributed by atoms with Gasteiger partial charge in [0.05, 0.1) is 0 Å². The summed E-state index contributed by atoms with van der Waals surface area (Å²) in [4.78, 5) is 0. The maximum absolute atomic E-state index is 12.4. The van der Waals surface area contributed by atoms with E-state index in [1.807, 2.05) is 29.9 Å². The van der Waals surface area contributed by atoms with Crippen LogP contribution in [0.15, 0.2) is 60.9 Å². The van der Waals surface area contributed by atoms with Gasteiger partial charge in [0.15, 0.2) is 0 Å². The summed E-state index contributed by atoms with van der Waals surface area (Å²) in [6.45, 7) is 1.40. The van der Waals surface area contributed by atoms with Crippen LogP contribution in [0.4, 0.5) is 17.6 Å². The second-order valence-electron chi connectivity index (χ2n) is 6.06. The molecule has 0 spiro atoms. The van der Waals surface area contributed by atoms with Crippen LogP contribution in [-0.4, -0.2) is 10.5 Å². The van der Waals surface area contributed by atoms with Gasteiger partial charge in [-0.1, -0.05) is 12.1 Å². The van der Waals surface area contributed by atoms with Crippen LogP contribution in [-0.2, 0) is 45.7 Å². The molecule has 10 heteroatoms. The quantitative estimate of drug-likeness (QED) is 0.172. The zero-order valence-corrected chi connectivity index (χ0v) is 21.7. The average Bonchev–Trinajstić information content (AvgIpc) is 2.96. The van der Waals surface area contributed by atoms with Gasteiger partial charge in [-0.3, -0.25) is 0 Å². The molecule has 0 atom stereocenters. The van der Waals surface area contributed by atoms with E-state index in [-0.39, 0.29) is 5.82 Å². The van der Waals surface area contributed by atoms with E-state index in [4.69, 9.17) is 0 Å². The smallest absolute Gasteiger partial charge is 0.123 e. The Morgan fingerprint density at radius 3 is 1.93 bits per heavy atom. The van der Waals surface area contributed by atoms with Crippen LogP contribution < -0.4 is 0 Å². The number of halogens is 6. The molecule has 0 fully saturated rings. The number of hydrogen-bond donors (Lipinski definition) is 0. The first-order valence-electron chi connectivity index (χ1n) is 8.23. The Morgan fingerprint density at radius 2 is 1.48 bits per heavy atom. The molecule has 0 aliphatic heterocycles. The molecule has 160 valence electrons. The minimum absolute atomic E-state index is 0.179. The summed E-state index contributed by atoms with van der Waals surface area (Å²) in [6, 6.07) is 11.8. The van der Waals surface area contributed by atoms with Gasteiger partial charge < -0.3 is 0 Å². The third-order valence-corrected chi connectivity index (χ3v) is 5.94. The molecule has 1 heterocycles. The van der Waals surface area contributed by atoms with Gasteiger partial charge >= 0.3 is 113 Å². The van der Waals surface area contributed by atoms with Crippen molar-refractivity contribution in [3.05, 3.63) is 87.2 Å². The van der Waals surface area contributed by atoms with Gasteiger partial charge in [-0.05, 0) is 17.7 Å². The molecule has 0 radical (unpaired) electrons. The van der Waals surface area contributed by atoms with Crippen molar-refractivity contribution in [3.8, 4) is 0 Å². The first-order chi connectivity index (χ1) is 13.6. The molecule has 0 N–H and O–H groups in total. The van der Waals surface area contributed by atoms with E-state index in [2.05, 4.69) is 65.1 Å². The summed E-state index contributed by atoms with van der Waals surface area (Å²) in [5.41, 5.74) is 1.35. The van der Waals surface area contributed by atoms with Gasteiger partial charge in [-0.2, -0.15) is 1.33 Å². The van der Waals surface area contributed by atoms with E-state index in [9.17, 15) is 17.6 Å². The minimum Gasteiger partial charge on any atom is -0.207 e. The number of nitrogens with zero attached hydrogens (tertiary/aromatic N) is 3. The van der Waals surface area contributed by atoms with Crippen molar-refractivity contribution >= 4 is 45.7 Å². The first kappa shape index (κ1) is 24.7. The molecular formula is C19H17F4I2N3Pt. The van der Waals surface area contributed by atoms with Crippen LogP contribution in [0.3, 0.4) is 0 Å². The summed E-state index contributed by atoms with van der Waals surface area (Å²) in [5.74, 6) is -0.179. The molecule has 0 aliphatic rings. The molecule has 0 amide bonds. The van der Waals surface area contributed by atoms with Crippen LogP contribution in [0.5, 0.6) is 0 Å². The molecule has 0 unspecified atom stereocenters. The van der Waals surface area contributed by atoms with Crippen LogP contribution in [0, 0.1) is 9.62 Å². The average molecular weight is 812 g/mol. The Labute approximate surface area is 205 Å². The van der Waals surface area contributed by atoms with Crippen molar-refractivity contribution in [2.24, 2.45) is 7.05 Å². The number of benzene rings is 2. The number of imidazole rings is 1. The number of rotatable bonds is 4. The number of alkyl halides is 3. The summed E-state index contributed by atoms with van der Waals surface area (Å²) in [7, 11) is 1.92. The van der Waals surface area contributed by atoms with Crippen LogP contribution >= 0.6 is 45.7 Å². The molecular weight excluding hydrogens is 795 g/mol.